The third kappa shape index (κ3) is 4.21. The Kier molecular flexibility index (Phi) is 5.87. The van der Waals surface area contributed by atoms with Gasteiger partial charge in [-0.05, 0) is 14.0 Å². The number of aromatic nitrogens is 2. The van der Waals surface area contributed by atoms with E-state index in [1.807, 2.05) is 0 Å². The quantitative estimate of drug-likeness (QED) is 0.757. The van der Waals surface area contributed by atoms with Crippen LogP contribution in [0.4, 0.5) is 10.7 Å². The van der Waals surface area contributed by atoms with Gasteiger partial charge in [-0.2, -0.15) is 0 Å². The molecule has 0 saturated carbocycles. The zero-order valence-electron chi connectivity index (χ0n) is 15.4. The van der Waals surface area contributed by atoms with E-state index in [-0.39, 0.29) is 12.0 Å². The minimum Gasteiger partial charge on any atom is -0.450 e. The number of rotatable bonds is 3. The fourth-order valence-corrected chi connectivity index (χ4v) is 3.09. The van der Waals surface area contributed by atoms with Crippen LogP contribution >= 0.6 is 0 Å². The van der Waals surface area contributed by atoms with E-state index in [2.05, 4.69) is 26.8 Å². The maximum absolute atomic E-state index is 12.6. The number of carbonyl (C=O) groups is 2. The van der Waals surface area contributed by atoms with E-state index in [0.29, 0.717) is 44.3 Å². The van der Waals surface area contributed by atoms with Crippen molar-refractivity contribution >= 4 is 17.9 Å². The molecule has 3 heterocycles. The van der Waals surface area contributed by atoms with Gasteiger partial charge in [0.15, 0.2) is 0 Å². The van der Waals surface area contributed by atoms with Crippen LogP contribution in [0.1, 0.15) is 17.3 Å². The normalized spacial score (nSPS) is 18.8. The molecule has 9 nitrogen and oxygen atoms in total. The largest absolute Gasteiger partial charge is 0.450 e. The average Bonchev–Trinajstić information content (AvgIpc) is 2.68. The molecule has 2 saturated heterocycles. The van der Waals surface area contributed by atoms with Gasteiger partial charge in [0, 0.05) is 64.8 Å². The van der Waals surface area contributed by atoms with Gasteiger partial charge in [-0.25, -0.2) is 14.8 Å². The Balaban J connectivity index is 1.55. The van der Waals surface area contributed by atoms with Crippen LogP contribution in [-0.4, -0.2) is 103 Å². The van der Waals surface area contributed by atoms with Gasteiger partial charge in [0.25, 0.3) is 5.91 Å². The van der Waals surface area contributed by atoms with Gasteiger partial charge in [0.1, 0.15) is 0 Å². The molecule has 142 valence electrons. The molecular formula is C17H26N6O3. The van der Waals surface area contributed by atoms with E-state index >= 15 is 0 Å². The van der Waals surface area contributed by atoms with Crippen LogP contribution in [0.2, 0.25) is 0 Å². The second kappa shape index (κ2) is 8.31. The van der Waals surface area contributed by atoms with Gasteiger partial charge in [0.2, 0.25) is 5.95 Å². The summed E-state index contributed by atoms with van der Waals surface area (Å²) in [5.74, 6) is 0.570. The molecule has 2 amide bonds. The molecule has 0 atom stereocenters. The van der Waals surface area contributed by atoms with Crippen molar-refractivity contribution in [1.82, 2.24) is 24.7 Å². The number of likely N-dealkylation sites (N-methyl/N-ethyl adjacent to an activating group) is 1. The first-order valence-corrected chi connectivity index (χ1v) is 9.05. The number of anilines is 1. The molecule has 0 aromatic carbocycles. The standard InChI is InChI=1S/C17H26N6O3/c1-3-26-17(25)23-10-8-21(9-11-23)15(24)14-12-18-16(19-13-14)22-6-4-20(2)5-7-22/h12-13H,3-11H2,1-2H3. The summed E-state index contributed by atoms with van der Waals surface area (Å²) in [4.78, 5) is 40.8. The Bertz CT molecular complexity index is 622. The lowest BCUT2D eigenvalue weighted by Crippen LogP contribution is -2.50. The molecule has 2 fully saturated rings. The molecule has 26 heavy (non-hydrogen) atoms. The van der Waals surface area contributed by atoms with Gasteiger partial charge in [-0.15, -0.1) is 0 Å². The maximum Gasteiger partial charge on any atom is 0.409 e. The molecule has 1 aromatic heterocycles. The number of carbonyl (C=O) groups excluding carboxylic acids is 2. The lowest BCUT2D eigenvalue weighted by Gasteiger charge is -2.34. The van der Waals surface area contributed by atoms with E-state index in [9.17, 15) is 9.59 Å². The molecule has 1 aromatic rings. The molecule has 0 spiro atoms. The smallest absolute Gasteiger partial charge is 0.409 e. The van der Waals surface area contributed by atoms with Crippen LogP contribution in [0.15, 0.2) is 12.4 Å². The molecule has 0 N–H and O–H groups in total. The molecule has 2 aliphatic rings. The van der Waals surface area contributed by atoms with E-state index in [0.717, 1.165) is 26.2 Å². The van der Waals surface area contributed by atoms with Crippen LogP contribution in [0, 0.1) is 0 Å². The van der Waals surface area contributed by atoms with E-state index in [1.54, 1.807) is 29.1 Å². The van der Waals surface area contributed by atoms with Gasteiger partial charge in [-0.3, -0.25) is 4.79 Å². The molecule has 3 rings (SSSR count). The highest BCUT2D eigenvalue weighted by Crippen LogP contribution is 2.13. The Hall–Kier alpha value is -2.42. The molecule has 9 heteroatoms. The van der Waals surface area contributed by atoms with Crippen LogP contribution in [0.3, 0.4) is 0 Å². The van der Waals surface area contributed by atoms with Crippen LogP contribution < -0.4 is 4.90 Å². The fourth-order valence-electron chi connectivity index (χ4n) is 3.09. The van der Waals surface area contributed by atoms with Crippen molar-refractivity contribution in [1.29, 1.82) is 0 Å². The van der Waals surface area contributed by atoms with Crippen molar-refractivity contribution in [3.63, 3.8) is 0 Å². The topological polar surface area (TPSA) is 82.1 Å². The van der Waals surface area contributed by atoms with Crippen molar-refractivity contribution in [3.8, 4) is 0 Å². The highest BCUT2D eigenvalue weighted by atomic mass is 16.6. The summed E-state index contributed by atoms with van der Waals surface area (Å²) in [6, 6.07) is 0. The SMILES string of the molecule is CCOC(=O)N1CCN(C(=O)c2cnc(N3CCN(C)CC3)nc2)CC1. The summed E-state index contributed by atoms with van der Waals surface area (Å²) in [5.41, 5.74) is 0.479. The Labute approximate surface area is 153 Å². The van der Waals surface area contributed by atoms with Gasteiger partial charge in [-0.1, -0.05) is 0 Å². The molecular weight excluding hydrogens is 336 g/mol. The fraction of sp³-hybridized carbons (Fsp3) is 0.647. The highest BCUT2D eigenvalue weighted by molar-refractivity contribution is 5.93. The minimum absolute atomic E-state index is 0.0987. The number of hydrogen-bond acceptors (Lipinski definition) is 7. The molecule has 0 aliphatic carbocycles. The van der Waals surface area contributed by atoms with Gasteiger partial charge in [0.05, 0.1) is 12.2 Å². The molecule has 0 radical (unpaired) electrons. The van der Waals surface area contributed by atoms with Crippen molar-refractivity contribution in [2.24, 2.45) is 0 Å². The number of nitrogens with zero attached hydrogens (tertiary/aromatic N) is 6. The van der Waals surface area contributed by atoms with Crippen molar-refractivity contribution < 1.29 is 14.3 Å². The summed E-state index contributed by atoms with van der Waals surface area (Å²) >= 11 is 0. The highest BCUT2D eigenvalue weighted by Gasteiger charge is 2.26. The first kappa shape index (κ1) is 18.4. The number of ether oxygens (including phenoxy) is 1. The van der Waals surface area contributed by atoms with E-state index < -0.39 is 0 Å². The number of piperazine rings is 2. The van der Waals surface area contributed by atoms with Crippen LogP contribution in [-0.2, 0) is 4.74 Å². The molecule has 0 bridgehead atoms. The summed E-state index contributed by atoms with van der Waals surface area (Å²) in [5, 5.41) is 0. The summed E-state index contributed by atoms with van der Waals surface area (Å²) < 4.78 is 5.00. The maximum atomic E-state index is 12.6. The lowest BCUT2D eigenvalue weighted by molar-refractivity contribution is 0.0570. The van der Waals surface area contributed by atoms with E-state index in [1.165, 1.54) is 0 Å². The zero-order valence-corrected chi connectivity index (χ0v) is 15.4. The van der Waals surface area contributed by atoms with Crippen molar-refractivity contribution in [2.45, 2.75) is 6.92 Å². The minimum atomic E-state index is -0.320. The molecule has 2 aliphatic heterocycles. The Morgan fingerprint density at radius 3 is 2.12 bits per heavy atom. The van der Waals surface area contributed by atoms with Crippen molar-refractivity contribution in [2.75, 3.05) is 70.9 Å². The first-order valence-electron chi connectivity index (χ1n) is 9.05. The predicted octanol–water partition coefficient (Wildman–Crippen LogP) is 0.143. The predicted molar refractivity (Wildman–Crippen MR) is 96.2 cm³/mol. The summed E-state index contributed by atoms with van der Waals surface area (Å²) in [7, 11) is 2.10. The summed E-state index contributed by atoms with van der Waals surface area (Å²) in [6.45, 7) is 7.80. The Morgan fingerprint density at radius 2 is 1.54 bits per heavy atom. The van der Waals surface area contributed by atoms with Gasteiger partial charge >= 0.3 is 6.09 Å². The average molecular weight is 362 g/mol. The number of hydrogen-bond donors (Lipinski definition) is 0. The summed E-state index contributed by atoms with van der Waals surface area (Å²) in [6.07, 6.45) is 2.88. The van der Waals surface area contributed by atoms with E-state index in [4.69, 9.17) is 4.74 Å². The molecule has 0 unspecified atom stereocenters. The third-order valence-corrected chi connectivity index (χ3v) is 4.76. The van der Waals surface area contributed by atoms with Crippen molar-refractivity contribution in [3.05, 3.63) is 18.0 Å². The third-order valence-electron chi connectivity index (χ3n) is 4.76. The second-order valence-electron chi connectivity index (χ2n) is 6.54. The second-order valence-corrected chi connectivity index (χ2v) is 6.54. The van der Waals surface area contributed by atoms with Crippen LogP contribution in [0.25, 0.3) is 0 Å². The van der Waals surface area contributed by atoms with Gasteiger partial charge < -0.3 is 24.3 Å². The zero-order chi connectivity index (χ0) is 18.5. The first-order chi connectivity index (χ1) is 12.6. The number of amides is 2. The van der Waals surface area contributed by atoms with Crippen LogP contribution in [0.5, 0.6) is 0 Å². The Morgan fingerprint density at radius 1 is 0.962 bits per heavy atom. The monoisotopic (exact) mass is 362 g/mol. The lowest BCUT2D eigenvalue weighted by atomic mass is 10.2.